The van der Waals surface area contributed by atoms with Crippen molar-refractivity contribution in [1.82, 2.24) is 4.98 Å². The van der Waals surface area contributed by atoms with Crippen LogP contribution in [0, 0.1) is 23.0 Å². The Balaban J connectivity index is 2.01. The first-order valence-electron chi connectivity index (χ1n) is 5.60. The molecule has 0 spiro atoms. The highest BCUT2D eigenvalue weighted by atomic mass is 32.2. The number of aromatic nitrogens is 1. The van der Waals surface area contributed by atoms with Crippen LogP contribution in [-0.4, -0.2) is 4.98 Å². The first-order chi connectivity index (χ1) is 9.67. The van der Waals surface area contributed by atoms with Crippen LogP contribution in [0.15, 0.2) is 50.9 Å². The monoisotopic (exact) mass is 288 g/mol. The van der Waals surface area contributed by atoms with Gasteiger partial charge >= 0.3 is 0 Å². The molecule has 3 nitrogen and oxygen atoms in total. The molecular formula is C14H6F2N2OS. The maximum absolute atomic E-state index is 13.8. The van der Waals surface area contributed by atoms with Crippen molar-refractivity contribution in [3.05, 3.63) is 53.6 Å². The summed E-state index contributed by atoms with van der Waals surface area (Å²) < 4.78 is 32.9. The third kappa shape index (κ3) is 2.24. The van der Waals surface area contributed by atoms with Crippen molar-refractivity contribution in [2.45, 2.75) is 10.1 Å². The van der Waals surface area contributed by atoms with Gasteiger partial charge in [0.05, 0.1) is 16.5 Å². The maximum atomic E-state index is 13.8. The lowest BCUT2D eigenvalue weighted by Crippen LogP contribution is -1.90. The summed E-state index contributed by atoms with van der Waals surface area (Å²) in [5, 5.41) is 8.79. The van der Waals surface area contributed by atoms with Gasteiger partial charge in [-0.2, -0.15) is 5.26 Å². The molecule has 0 aliphatic carbocycles. The van der Waals surface area contributed by atoms with Crippen LogP contribution >= 0.6 is 11.8 Å². The molecule has 20 heavy (non-hydrogen) atoms. The molecular weight excluding hydrogens is 282 g/mol. The number of nitriles is 1. The fourth-order valence-corrected chi connectivity index (χ4v) is 2.47. The van der Waals surface area contributed by atoms with E-state index in [9.17, 15) is 8.78 Å². The summed E-state index contributed by atoms with van der Waals surface area (Å²) in [4.78, 5) is 3.89. The minimum atomic E-state index is -0.811. The van der Waals surface area contributed by atoms with Crippen molar-refractivity contribution in [3.8, 4) is 6.07 Å². The Morgan fingerprint density at radius 2 is 1.85 bits per heavy atom. The minimum Gasteiger partial charge on any atom is -0.431 e. The zero-order chi connectivity index (χ0) is 14.1. The van der Waals surface area contributed by atoms with Gasteiger partial charge in [-0.15, -0.1) is 0 Å². The molecule has 0 amide bonds. The third-order valence-corrected chi connectivity index (χ3v) is 3.53. The Labute approximate surface area is 116 Å². The number of hydrogen-bond donors (Lipinski definition) is 0. The average Bonchev–Trinajstić information content (AvgIpc) is 2.85. The van der Waals surface area contributed by atoms with E-state index in [4.69, 9.17) is 9.68 Å². The molecule has 6 heteroatoms. The van der Waals surface area contributed by atoms with E-state index in [1.807, 2.05) is 0 Å². The average molecular weight is 288 g/mol. The topological polar surface area (TPSA) is 49.8 Å². The number of rotatable bonds is 2. The number of fused-ring (bicyclic) bond motifs is 1. The molecule has 3 aromatic rings. The number of halogens is 2. The van der Waals surface area contributed by atoms with Gasteiger partial charge in [-0.25, -0.2) is 13.8 Å². The summed E-state index contributed by atoms with van der Waals surface area (Å²) >= 11 is 0.749. The Morgan fingerprint density at radius 1 is 1.15 bits per heavy atom. The van der Waals surface area contributed by atoms with Gasteiger partial charge in [-0.1, -0.05) is 12.1 Å². The van der Waals surface area contributed by atoms with E-state index in [0.717, 1.165) is 23.9 Å². The van der Waals surface area contributed by atoms with Crippen molar-refractivity contribution >= 4 is 22.9 Å². The van der Waals surface area contributed by atoms with E-state index in [0.29, 0.717) is 11.1 Å². The standard InChI is InChI=1S/C14H6F2N2OS/c15-9-5-8(7-17)6-10(16)13(9)20-14-18-11-3-1-2-4-12(11)19-14/h1-6H. The van der Waals surface area contributed by atoms with Crippen LogP contribution in [0.1, 0.15) is 5.56 Å². The SMILES string of the molecule is N#Cc1cc(F)c(Sc2nc3ccccc3o2)c(F)c1. The normalized spacial score (nSPS) is 10.7. The van der Waals surface area contributed by atoms with Crippen LogP contribution in [0.3, 0.4) is 0 Å². The molecule has 1 heterocycles. The lowest BCUT2D eigenvalue weighted by molar-refractivity contribution is 0.485. The van der Waals surface area contributed by atoms with Crippen molar-refractivity contribution in [1.29, 1.82) is 5.26 Å². The molecule has 0 saturated heterocycles. The van der Waals surface area contributed by atoms with Crippen molar-refractivity contribution < 1.29 is 13.2 Å². The number of para-hydroxylation sites is 2. The third-order valence-electron chi connectivity index (χ3n) is 2.59. The van der Waals surface area contributed by atoms with Gasteiger partial charge in [-0.3, -0.25) is 0 Å². The highest BCUT2D eigenvalue weighted by Gasteiger charge is 2.16. The molecule has 0 bridgehead atoms. The number of hydrogen-bond acceptors (Lipinski definition) is 4. The molecule has 98 valence electrons. The molecule has 0 atom stereocenters. The van der Waals surface area contributed by atoms with Gasteiger partial charge in [0.1, 0.15) is 17.2 Å². The zero-order valence-corrected chi connectivity index (χ0v) is 10.7. The second-order valence-corrected chi connectivity index (χ2v) is 4.89. The summed E-state index contributed by atoms with van der Waals surface area (Å²) in [5.74, 6) is -1.62. The second-order valence-electron chi connectivity index (χ2n) is 3.93. The molecule has 0 unspecified atom stereocenters. The number of nitrogens with zero attached hydrogens (tertiary/aromatic N) is 2. The summed E-state index contributed by atoms with van der Waals surface area (Å²) in [6, 6.07) is 10.7. The van der Waals surface area contributed by atoms with Gasteiger partial charge in [0, 0.05) is 0 Å². The van der Waals surface area contributed by atoms with Crippen LogP contribution in [-0.2, 0) is 0 Å². The predicted octanol–water partition coefficient (Wildman–Crippen LogP) is 4.13. The molecule has 0 aliphatic heterocycles. The van der Waals surface area contributed by atoms with Gasteiger partial charge < -0.3 is 4.42 Å². The molecule has 0 N–H and O–H groups in total. The number of oxazole rings is 1. The van der Waals surface area contributed by atoms with E-state index in [2.05, 4.69) is 4.98 Å². The van der Waals surface area contributed by atoms with Crippen LogP contribution in [0.4, 0.5) is 8.78 Å². The molecule has 0 fully saturated rings. The van der Waals surface area contributed by atoms with Crippen LogP contribution in [0.5, 0.6) is 0 Å². The molecule has 0 saturated carbocycles. The summed E-state index contributed by atoms with van der Waals surface area (Å²) in [5.41, 5.74) is 1.09. The molecule has 1 aromatic heterocycles. The van der Waals surface area contributed by atoms with E-state index < -0.39 is 11.6 Å². The van der Waals surface area contributed by atoms with Gasteiger partial charge in [-0.05, 0) is 36.0 Å². The van der Waals surface area contributed by atoms with E-state index in [1.54, 1.807) is 30.3 Å². The predicted molar refractivity (Wildman–Crippen MR) is 69.2 cm³/mol. The number of benzene rings is 2. The van der Waals surface area contributed by atoms with Gasteiger partial charge in [0.2, 0.25) is 0 Å². The minimum absolute atomic E-state index is 0.0677. The van der Waals surface area contributed by atoms with Crippen LogP contribution in [0.2, 0.25) is 0 Å². The van der Waals surface area contributed by atoms with E-state index in [1.165, 1.54) is 0 Å². The quantitative estimate of drug-likeness (QED) is 0.711. The van der Waals surface area contributed by atoms with E-state index >= 15 is 0 Å². The zero-order valence-electron chi connectivity index (χ0n) is 9.93. The fourth-order valence-electron chi connectivity index (χ4n) is 1.70. The Bertz CT molecular complexity index is 783. The smallest absolute Gasteiger partial charge is 0.261 e. The molecule has 0 aliphatic rings. The fraction of sp³-hybridized carbons (Fsp3) is 0. The summed E-state index contributed by atoms with van der Waals surface area (Å²) in [7, 11) is 0. The van der Waals surface area contributed by atoms with Gasteiger partial charge in [0.25, 0.3) is 5.22 Å². The van der Waals surface area contributed by atoms with E-state index in [-0.39, 0.29) is 15.7 Å². The second kappa shape index (κ2) is 4.94. The Kier molecular flexibility index (Phi) is 3.12. The summed E-state index contributed by atoms with van der Waals surface area (Å²) in [6.45, 7) is 0. The van der Waals surface area contributed by atoms with Crippen LogP contribution < -0.4 is 0 Å². The highest BCUT2D eigenvalue weighted by molar-refractivity contribution is 7.99. The van der Waals surface area contributed by atoms with Gasteiger partial charge in [0.15, 0.2) is 5.58 Å². The van der Waals surface area contributed by atoms with Crippen molar-refractivity contribution in [3.63, 3.8) is 0 Å². The lowest BCUT2D eigenvalue weighted by atomic mass is 10.2. The largest absolute Gasteiger partial charge is 0.431 e. The first kappa shape index (κ1) is 12.6. The highest BCUT2D eigenvalue weighted by Crippen LogP contribution is 2.33. The lowest BCUT2D eigenvalue weighted by Gasteiger charge is -2.01. The Morgan fingerprint density at radius 3 is 2.50 bits per heavy atom. The Hall–Kier alpha value is -2.39. The molecule has 3 rings (SSSR count). The van der Waals surface area contributed by atoms with Crippen molar-refractivity contribution in [2.24, 2.45) is 0 Å². The molecule has 2 aromatic carbocycles. The maximum Gasteiger partial charge on any atom is 0.261 e. The molecule has 0 radical (unpaired) electrons. The first-order valence-corrected chi connectivity index (χ1v) is 6.41. The van der Waals surface area contributed by atoms with Crippen molar-refractivity contribution in [2.75, 3.05) is 0 Å². The van der Waals surface area contributed by atoms with Crippen LogP contribution in [0.25, 0.3) is 11.1 Å². The summed E-state index contributed by atoms with van der Waals surface area (Å²) in [6.07, 6.45) is 0.